The Morgan fingerprint density at radius 2 is 1.41 bits per heavy atom. The predicted molar refractivity (Wildman–Crippen MR) is 121 cm³/mol. The molecule has 14 heteroatoms. The fraction of sp³-hybridized carbons (Fsp3) is 0.450. The Kier molecular flexibility index (Phi) is 11.8. The molecule has 0 fully saturated rings. The van der Waals surface area contributed by atoms with E-state index in [2.05, 4.69) is 28.6 Å². The van der Waals surface area contributed by atoms with Gasteiger partial charge in [0, 0.05) is 12.2 Å². The summed E-state index contributed by atoms with van der Waals surface area (Å²) in [6, 6.07) is 0.585. The van der Waals surface area contributed by atoms with Gasteiger partial charge in [0.05, 0.1) is 12.6 Å². The molecular formula is C20H28N4O9S. The molecule has 188 valence electrons. The lowest BCUT2D eigenvalue weighted by Gasteiger charge is -2.23. The van der Waals surface area contributed by atoms with Crippen molar-refractivity contribution in [3.05, 3.63) is 29.8 Å². The number of aliphatic carboxylic acids is 2. The second-order valence-corrected chi connectivity index (χ2v) is 7.66. The SMILES string of the molecule is NC(Cc1ccc(O)cc1)C(=O)NC(CO)C(=O)NC(CS)C(=O)NC(CCC(=O)O)C(=O)O. The van der Waals surface area contributed by atoms with Crippen molar-refractivity contribution in [1.82, 2.24) is 16.0 Å². The first-order chi connectivity index (χ1) is 16.0. The lowest BCUT2D eigenvalue weighted by atomic mass is 10.1. The molecule has 4 atom stereocenters. The zero-order chi connectivity index (χ0) is 25.8. The molecule has 0 saturated heterocycles. The van der Waals surface area contributed by atoms with Crippen LogP contribution in [0.5, 0.6) is 5.75 Å². The maximum atomic E-state index is 12.5. The van der Waals surface area contributed by atoms with Crippen LogP contribution >= 0.6 is 12.6 Å². The summed E-state index contributed by atoms with van der Waals surface area (Å²) >= 11 is 3.95. The maximum absolute atomic E-state index is 12.5. The highest BCUT2D eigenvalue weighted by Crippen LogP contribution is 2.11. The second-order valence-electron chi connectivity index (χ2n) is 7.30. The highest BCUT2D eigenvalue weighted by Gasteiger charge is 2.29. The van der Waals surface area contributed by atoms with Gasteiger partial charge in [0.2, 0.25) is 17.7 Å². The minimum absolute atomic E-state index is 0.0399. The topological polar surface area (TPSA) is 228 Å². The van der Waals surface area contributed by atoms with Crippen LogP contribution < -0.4 is 21.7 Å². The van der Waals surface area contributed by atoms with Crippen molar-refractivity contribution in [1.29, 1.82) is 0 Å². The number of carboxylic acid groups (broad SMARTS) is 2. The maximum Gasteiger partial charge on any atom is 0.326 e. The van der Waals surface area contributed by atoms with Gasteiger partial charge in [0.25, 0.3) is 0 Å². The number of thiol groups is 1. The third kappa shape index (κ3) is 9.64. The Morgan fingerprint density at radius 3 is 1.91 bits per heavy atom. The number of benzene rings is 1. The monoisotopic (exact) mass is 500 g/mol. The van der Waals surface area contributed by atoms with Crippen molar-refractivity contribution in [2.75, 3.05) is 12.4 Å². The molecule has 0 aliphatic heterocycles. The molecule has 0 radical (unpaired) electrons. The fourth-order valence-electron chi connectivity index (χ4n) is 2.72. The zero-order valence-corrected chi connectivity index (χ0v) is 18.9. The van der Waals surface area contributed by atoms with Crippen LogP contribution in [0.1, 0.15) is 18.4 Å². The third-order valence-electron chi connectivity index (χ3n) is 4.62. The minimum atomic E-state index is -1.51. The minimum Gasteiger partial charge on any atom is -0.508 e. The van der Waals surface area contributed by atoms with Crippen LogP contribution in [0.15, 0.2) is 24.3 Å². The second kappa shape index (κ2) is 14.0. The van der Waals surface area contributed by atoms with Gasteiger partial charge in [0.1, 0.15) is 23.9 Å². The molecule has 0 bridgehead atoms. The Hall–Kier alpha value is -3.36. The quantitative estimate of drug-likeness (QED) is 0.123. The lowest BCUT2D eigenvalue weighted by molar-refractivity contribution is -0.143. The summed E-state index contributed by atoms with van der Waals surface area (Å²) in [5.74, 6) is -5.55. The molecule has 4 unspecified atom stereocenters. The van der Waals surface area contributed by atoms with Crippen LogP contribution in [-0.4, -0.2) is 86.6 Å². The molecule has 0 saturated carbocycles. The smallest absolute Gasteiger partial charge is 0.326 e. The van der Waals surface area contributed by atoms with E-state index in [1.54, 1.807) is 12.1 Å². The summed E-state index contributed by atoms with van der Waals surface area (Å²) in [6.45, 7) is -0.819. The van der Waals surface area contributed by atoms with Crippen LogP contribution in [0, 0.1) is 0 Å². The highest BCUT2D eigenvalue weighted by atomic mass is 32.1. The Morgan fingerprint density at radius 1 is 0.882 bits per heavy atom. The zero-order valence-electron chi connectivity index (χ0n) is 18.0. The number of phenols is 1. The van der Waals surface area contributed by atoms with Gasteiger partial charge in [-0.1, -0.05) is 12.1 Å². The van der Waals surface area contributed by atoms with E-state index >= 15 is 0 Å². The van der Waals surface area contributed by atoms with Crippen LogP contribution in [0.2, 0.25) is 0 Å². The van der Waals surface area contributed by atoms with E-state index in [4.69, 9.17) is 15.9 Å². The number of phenolic OH excluding ortho intramolecular Hbond substituents is 1. The van der Waals surface area contributed by atoms with Crippen LogP contribution in [0.3, 0.4) is 0 Å². The summed E-state index contributed by atoms with van der Waals surface area (Å²) in [7, 11) is 0. The van der Waals surface area contributed by atoms with Gasteiger partial charge in [-0.15, -0.1) is 0 Å². The molecule has 0 heterocycles. The highest BCUT2D eigenvalue weighted by molar-refractivity contribution is 7.80. The summed E-state index contributed by atoms with van der Waals surface area (Å²) in [6.07, 6.45) is -0.795. The van der Waals surface area contributed by atoms with Crippen molar-refractivity contribution < 1.29 is 44.4 Å². The Labute approximate surface area is 200 Å². The average Bonchev–Trinajstić information content (AvgIpc) is 2.78. The first kappa shape index (κ1) is 28.7. The number of rotatable bonds is 14. The average molecular weight is 501 g/mol. The molecule has 3 amide bonds. The molecule has 1 aromatic carbocycles. The van der Waals surface area contributed by atoms with Crippen molar-refractivity contribution in [3.8, 4) is 5.75 Å². The van der Waals surface area contributed by atoms with E-state index < -0.39 is 66.9 Å². The lowest BCUT2D eigenvalue weighted by Crippen LogP contribution is -2.58. The van der Waals surface area contributed by atoms with E-state index in [0.717, 1.165) is 0 Å². The number of amides is 3. The largest absolute Gasteiger partial charge is 0.508 e. The van der Waals surface area contributed by atoms with Crippen LogP contribution in [-0.2, 0) is 30.4 Å². The number of aliphatic hydroxyl groups is 1. The Bertz CT molecular complexity index is 881. The van der Waals surface area contributed by atoms with E-state index in [1.165, 1.54) is 12.1 Å². The molecule has 1 rings (SSSR count). The van der Waals surface area contributed by atoms with Crippen molar-refractivity contribution in [2.24, 2.45) is 5.73 Å². The number of carbonyl (C=O) groups excluding carboxylic acids is 3. The Balaban J connectivity index is 2.71. The summed E-state index contributed by atoms with van der Waals surface area (Å²) in [4.78, 5) is 59.1. The molecule has 9 N–H and O–H groups in total. The number of hydrogen-bond donors (Lipinski definition) is 9. The third-order valence-corrected chi connectivity index (χ3v) is 4.99. The van der Waals surface area contributed by atoms with Gasteiger partial charge in [-0.2, -0.15) is 12.6 Å². The van der Waals surface area contributed by atoms with E-state index in [-0.39, 0.29) is 24.3 Å². The van der Waals surface area contributed by atoms with Gasteiger partial charge < -0.3 is 42.1 Å². The number of carboxylic acids is 2. The number of nitrogens with one attached hydrogen (secondary N) is 3. The number of aliphatic hydroxyl groups excluding tert-OH is 1. The number of carbonyl (C=O) groups is 5. The van der Waals surface area contributed by atoms with Gasteiger partial charge in [-0.25, -0.2) is 4.79 Å². The van der Waals surface area contributed by atoms with Crippen molar-refractivity contribution >= 4 is 42.3 Å². The van der Waals surface area contributed by atoms with Gasteiger partial charge in [-0.3, -0.25) is 19.2 Å². The molecule has 1 aromatic rings. The number of hydrogen-bond acceptors (Lipinski definition) is 9. The molecule has 13 nitrogen and oxygen atoms in total. The van der Waals surface area contributed by atoms with Gasteiger partial charge in [0.15, 0.2) is 0 Å². The fourth-order valence-corrected chi connectivity index (χ4v) is 2.97. The van der Waals surface area contributed by atoms with Crippen molar-refractivity contribution in [3.63, 3.8) is 0 Å². The molecule has 0 aliphatic carbocycles. The summed E-state index contributed by atoms with van der Waals surface area (Å²) in [5, 5.41) is 43.3. The number of nitrogens with two attached hydrogens (primary N) is 1. The molecule has 34 heavy (non-hydrogen) atoms. The first-order valence-corrected chi connectivity index (χ1v) is 10.7. The van der Waals surface area contributed by atoms with E-state index in [0.29, 0.717) is 5.56 Å². The van der Waals surface area contributed by atoms with Crippen molar-refractivity contribution in [2.45, 2.75) is 43.4 Å². The molecular weight excluding hydrogens is 472 g/mol. The predicted octanol–water partition coefficient (Wildman–Crippen LogP) is -2.41. The van der Waals surface area contributed by atoms with Crippen LogP contribution in [0.4, 0.5) is 0 Å². The molecule has 0 aromatic heterocycles. The first-order valence-electron chi connectivity index (χ1n) is 10.1. The van der Waals surface area contributed by atoms with E-state index in [1.807, 2.05) is 0 Å². The van der Waals surface area contributed by atoms with Crippen LogP contribution in [0.25, 0.3) is 0 Å². The van der Waals surface area contributed by atoms with Gasteiger partial charge >= 0.3 is 11.9 Å². The molecule has 0 spiro atoms. The number of aromatic hydroxyl groups is 1. The van der Waals surface area contributed by atoms with Gasteiger partial charge in [-0.05, 0) is 30.5 Å². The molecule has 0 aliphatic rings. The summed E-state index contributed by atoms with van der Waals surface area (Å²) in [5.41, 5.74) is 6.48. The summed E-state index contributed by atoms with van der Waals surface area (Å²) < 4.78 is 0. The normalized spacial score (nSPS) is 14.2. The van der Waals surface area contributed by atoms with E-state index in [9.17, 15) is 34.2 Å². The standard InChI is InChI=1S/C20H28N4O9S/c21-12(7-10-1-3-11(26)4-2-10)17(29)23-14(8-25)18(30)24-15(9-34)19(31)22-13(20(32)33)5-6-16(27)28/h1-4,12-15,25-26,34H,5-9,21H2,(H,22,31)(H,23,29)(H,24,30)(H,27,28)(H,32,33).